The average molecular weight is 310 g/mol. The molecule has 0 spiro atoms. The molecule has 2 rings (SSSR count). The second-order valence-corrected chi connectivity index (χ2v) is 5.45. The highest BCUT2D eigenvalue weighted by atomic mass is 32.2. The standard InChI is InChI=1S/C12H14N4O2S2/c1-4-18-10(17)8-7-14-11(19-3)15-9(8)20-12-13-5-6-16(12)2/h5-7H,4H2,1-3H3. The van der Waals surface area contributed by atoms with Gasteiger partial charge < -0.3 is 9.30 Å². The third-order valence-electron chi connectivity index (χ3n) is 2.37. The van der Waals surface area contributed by atoms with Gasteiger partial charge in [0.1, 0.15) is 10.6 Å². The summed E-state index contributed by atoms with van der Waals surface area (Å²) in [5.41, 5.74) is 0.359. The summed E-state index contributed by atoms with van der Waals surface area (Å²) in [7, 11) is 1.88. The van der Waals surface area contributed by atoms with Crippen molar-refractivity contribution in [3.8, 4) is 0 Å². The zero-order valence-electron chi connectivity index (χ0n) is 11.4. The fraction of sp³-hybridized carbons (Fsp3) is 0.333. The molecule has 0 amide bonds. The summed E-state index contributed by atoms with van der Waals surface area (Å²) < 4.78 is 6.89. The molecule has 0 fully saturated rings. The lowest BCUT2D eigenvalue weighted by molar-refractivity contribution is 0.0520. The zero-order valence-corrected chi connectivity index (χ0v) is 13.0. The van der Waals surface area contributed by atoms with E-state index in [0.29, 0.717) is 22.4 Å². The number of thioether (sulfide) groups is 1. The number of esters is 1. The SMILES string of the molecule is CCOC(=O)c1cnc(SC)nc1Sc1nccn1C. The first-order valence-electron chi connectivity index (χ1n) is 5.89. The first-order valence-corrected chi connectivity index (χ1v) is 7.93. The van der Waals surface area contributed by atoms with Gasteiger partial charge in [0.15, 0.2) is 10.3 Å². The molecule has 0 bridgehead atoms. The summed E-state index contributed by atoms with van der Waals surface area (Å²) in [5.74, 6) is -0.420. The van der Waals surface area contributed by atoms with Crippen molar-refractivity contribution in [1.82, 2.24) is 19.5 Å². The lowest BCUT2D eigenvalue weighted by atomic mass is 10.3. The highest BCUT2D eigenvalue weighted by Gasteiger charge is 2.18. The highest BCUT2D eigenvalue weighted by molar-refractivity contribution is 7.99. The third kappa shape index (κ3) is 3.31. The summed E-state index contributed by atoms with van der Waals surface area (Å²) in [6.07, 6.45) is 6.92. The Morgan fingerprint density at radius 1 is 1.45 bits per heavy atom. The summed E-state index contributed by atoms with van der Waals surface area (Å²) in [5, 5.41) is 1.91. The van der Waals surface area contributed by atoms with Crippen molar-refractivity contribution < 1.29 is 9.53 Å². The summed E-state index contributed by atoms with van der Waals surface area (Å²) in [6.45, 7) is 2.08. The molecule has 0 aliphatic rings. The van der Waals surface area contributed by atoms with E-state index in [-0.39, 0.29) is 0 Å². The van der Waals surface area contributed by atoms with Crippen molar-refractivity contribution >= 4 is 29.5 Å². The second-order valence-electron chi connectivity index (χ2n) is 3.72. The minimum Gasteiger partial charge on any atom is -0.462 e. The van der Waals surface area contributed by atoms with Crippen molar-refractivity contribution in [3.05, 3.63) is 24.2 Å². The lowest BCUT2D eigenvalue weighted by Gasteiger charge is -2.08. The molecule has 0 atom stereocenters. The van der Waals surface area contributed by atoms with Gasteiger partial charge in [-0.3, -0.25) is 0 Å². The number of hydrogen-bond donors (Lipinski definition) is 0. The van der Waals surface area contributed by atoms with Gasteiger partial charge in [-0.05, 0) is 24.9 Å². The molecule has 0 N–H and O–H groups in total. The minimum atomic E-state index is -0.420. The van der Waals surface area contributed by atoms with E-state index in [0.717, 1.165) is 5.16 Å². The molecule has 2 heterocycles. The van der Waals surface area contributed by atoms with Crippen LogP contribution in [0.4, 0.5) is 0 Å². The van der Waals surface area contributed by atoms with E-state index in [9.17, 15) is 4.79 Å². The molecule has 6 nitrogen and oxygen atoms in total. The molecular weight excluding hydrogens is 296 g/mol. The predicted molar refractivity (Wildman–Crippen MR) is 77.1 cm³/mol. The number of carbonyl (C=O) groups excluding carboxylic acids is 1. The van der Waals surface area contributed by atoms with Crippen molar-refractivity contribution in [2.75, 3.05) is 12.9 Å². The lowest BCUT2D eigenvalue weighted by Crippen LogP contribution is -2.09. The van der Waals surface area contributed by atoms with Crippen LogP contribution in [-0.2, 0) is 11.8 Å². The number of imidazole rings is 1. The second kappa shape index (κ2) is 6.76. The fourth-order valence-electron chi connectivity index (χ4n) is 1.41. The Morgan fingerprint density at radius 2 is 2.25 bits per heavy atom. The van der Waals surface area contributed by atoms with E-state index in [1.54, 1.807) is 13.1 Å². The van der Waals surface area contributed by atoms with Gasteiger partial charge in [-0.2, -0.15) is 0 Å². The van der Waals surface area contributed by atoms with E-state index in [2.05, 4.69) is 15.0 Å². The van der Waals surface area contributed by atoms with Crippen LogP contribution in [0.2, 0.25) is 0 Å². The van der Waals surface area contributed by atoms with Gasteiger partial charge >= 0.3 is 5.97 Å². The third-order valence-corrected chi connectivity index (χ3v) is 4.02. The Kier molecular flexibility index (Phi) is 5.02. The van der Waals surface area contributed by atoms with Gasteiger partial charge in [0.05, 0.1) is 6.61 Å². The maximum absolute atomic E-state index is 11.9. The number of aromatic nitrogens is 4. The topological polar surface area (TPSA) is 69.9 Å². The van der Waals surface area contributed by atoms with Crippen LogP contribution >= 0.6 is 23.5 Å². The van der Waals surface area contributed by atoms with Gasteiger partial charge in [-0.25, -0.2) is 19.7 Å². The van der Waals surface area contributed by atoms with Crippen LogP contribution in [0.5, 0.6) is 0 Å². The fourth-order valence-corrected chi connectivity index (χ4v) is 2.68. The predicted octanol–water partition coefficient (Wildman–Crippen LogP) is 2.26. The van der Waals surface area contributed by atoms with Gasteiger partial charge in [0, 0.05) is 25.6 Å². The van der Waals surface area contributed by atoms with E-state index < -0.39 is 5.97 Å². The molecule has 0 aliphatic carbocycles. The molecule has 0 unspecified atom stereocenters. The monoisotopic (exact) mass is 310 g/mol. The van der Waals surface area contributed by atoms with Crippen LogP contribution in [0.3, 0.4) is 0 Å². The molecule has 8 heteroatoms. The van der Waals surface area contributed by atoms with Crippen LogP contribution in [0, 0.1) is 0 Å². The normalized spacial score (nSPS) is 10.6. The minimum absolute atomic E-state index is 0.315. The number of carbonyl (C=O) groups is 1. The van der Waals surface area contributed by atoms with Crippen LogP contribution in [0.25, 0.3) is 0 Å². The van der Waals surface area contributed by atoms with Gasteiger partial charge in [0.2, 0.25) is 0 Å². The Morgan fingerprint density at radius 3 is 2.85 bits per heavy atom. The van der Waals surface area contributed by atoms with Crippen molar-refractivity contribution in [2.45, 2.75) is 22.3 Å². The van der Waals surface area contributed by atoms with Gasteiger partial charge in [-0.1, -0.05) is 11.8 Å². The van der Waals surface area contributed by atoms with E-state index in [1.165, 1.54) is 29.7 Å². The highest BCUT2D eigenvalue weighted by Crippen LogP contribution is 2.28. The van der Waals surface area contributed by atoms with Crippen molar-refractivity contribution in [3.63, 3.8) is 0 Å². The Labute approximate surface area is 125 Å². The number of rotatable bonds is 5. The van der Waals surface area contributed by atoms with Crippen molar-refractivity contribution in [1.29, 1.82) is 0 Å². The zero-order chi connectivity index (χ0) is 14.5. The summed E-state index contributed by atoms with van der Waals surface area (Å²) in [4.78, 5) is 24.6. The smallest absolute Gasteiger partial charge is 0.342 e. The van der Waals surface area contributed by atoms with Gasteiger partial charge in [-0.15, -0.1) is 0 Å². The number of nitrogens with zero attached hydrogens (tertiary/aromatic N) is 4. The van der Waals surface area contributed by atoms with Gasteiger partial charge in [0.25, 0.3) is 0 Å². The quantitative estimate of drug-likeness (QED) is 0.363. The molecule has 20 heavy (non-hydrogen) atoms. The molecule has 0 aromatic carbocycles. The van der Waals surface area contributed by atoms with Crippen LogP contribution < -0.4 is 0 Å². The Bertz CT molecular complexity index is 615. The number of hydrogen-bond acceptors (Lipinski definition) is 7. The summed E-state index contributed by atoms with van der Waals surface area (Å²) >= 11 is 2.74. The molecule has 2 aromatic rings. The number of aryl methyl sites for hydroxylation is 1. The average Bonchev–Trinajstić information content (AvgIpc) is 2.84. The van der Waals surface area contributed by atoms with Crippen LogP contribution in [0.15, 0.2) is 33.9 Å². The Hall–Kier alpha value is -1.54. The Balaban J connectivity index is 2.37. The molecule has 106 valence electrons. The molecule has 0 radical (unpaired) electrons. The van der Waals surface area contributed by atoms with E-state index in [1.807, 2.05) is 24.1 Å². The first-order chi connectivity index (χ1) is 9.65. The molecule has 0 saturated heterocycles. The summed E-state index contributed by atoms with van der Waals surface area (Å²) in [6, 6.07) is 0. The van der Waals surface area contributed by atoms with Crippen molar-refractivity contribution in [2.24, 2.45) is 7.05 Å². The molecule has 0 saturated carbocycles. The molecule has 0 aliphatic heterocycles. The molecular formula is C12H14N4O2S2. The number of ether oxygens (including phenoxy) is 1. The van der Waals surface area contributed by atoms with E-state index in [4.69, 9.17) is 4.74 Å². The maximum Gasteiger partial charge on any atom is 0.342 e. The first kappa shape index (κ1) is 14.9. The van der Waals surface area contributed by atoms with Crippen LogP contribution in [-0.4, -0.2) is 38.4 Å². The van der Waals surface area contributed by atoms with E-state index >= 15 is 0 Å². The maximum atomic E-state index is 11.9. The van der Waals surface area contributed by atoms with Crippen LogP contribution in [0.1, 0.15) is 17.3 Å². The molecule has 2 aromatic heterocycles. The largest absolute Gasteiger partial charge is 0.462 e.